The Morgan fingerprint density at radius 1 is 1.52 bits per heavy atom. The van der Waals surface area contributed by atoms with E-state index in [2.05, 4.69) is 6.92 Å². The molecule has 1 fully saturated rings. The van der Waals surface area contributed by atoms with Gasteiger partial charge in [0.25, 0.3) is 11.6 Å². The van der Waals surface area contributed by atoms with E-state index in [1.54, 1.807) is 4.90 Å². The van der Waals surface area contributed by atoms with Gasteiger partial charge in [-0.3, -0.25) is 14.9 Å². The smallest absolute Gasteiger partial charge is 0.271 e. The number of non-ortho nitro benzene ring substituents is 1. The molecule has 0 saturated carbocycles. The van der Waals surface area contributed by atoms with Crippen LogP contribution in [0.1, 0.15) is 30.1 Å². The van der Waals surface area contributed by atoms with Gasteiger partial charge in [-0.1, -0.05) is 18.5 Å². The number of halogens is 1. The zero-order chi connectivity index (χ0) is 15.6. The van der Waals surface area contributed by atoms with Crippen molar-refractivity contribution in [3.05, 3.63) is 38.9 Å². The van der Waals surface area contributed by atoms with Crippen LogP contribution in [0.25, 0.3) is 0 Å². The van der Waals surface area contributed by atoms with Crippen molar-refractivity contribution < 1.29 is 9.72 Å². The van der Waals surface area contributed by atoms with Crippen LogP contribution in [-0.2, 0) is 0 Å². The third kappa shape index (κ3) is 3.33. The Morgan fingerprint density at radius 3 is 2.86 bits per heavy atom. The summed E-state index contributed by atoms with van der Waals surface area (Å²) in [5.41, 5.74) is 5.84. The number of likely N-dealkylation sites (tertiary alicyclic amines) is 1. The average molecular weight is 312 g/mol. The first-order valence-electron chi connectivity index (χ1n) is 6.90. The molecule has 0 bridgehead atoms. The van der Waals surface area contributed by atoms with Gasteiger partial charge in [0, 0.05) is 41.9 Å². The molecule has 2 rings (SSSR count). The number of nitrogens with two attached hydrogens (primary N) is 1. The summed E-state index contributed by atoms with van der Waals surface area (Å²) < 4.78 is 0. The molecular weight excluding hydrogens is 294 g/mol. The predicted octanol–water partition coefficient (Wildman–Crippen LogP) is 2.45. The van der Waals surface area contributed by atoms with E-state index in [9.17, 15) is 14.9 Å². The highest BCUT2D eigenvalue weighted by molar-refractivity contribution is 6.31. The van der Waals surface area contributed by atoms with Crippen LogP contribution in [0.2, 0.25) is 5.02 Å². The summed E-state index contributed by atoms with van der Waals surface area (Å²) in [7, 11) is 0. The molecule has 0 spiro atoms. The molecule has 1 aromatic rings. The minimum atomic E-state index is -0.554. The van der Waals surface area contributed by atoms with Gasteiger partial charge in [0.05, 0.1) is 4.92 Å². The van der Waals surface area contributed by atoms with E-state index < -0.39 is 4.92 Å². The summed E-state index contributed by atoms with van der Waals surface area (Å²) in [5, 5.41) is 11.1. The highest BCUT2D eigenvalue weighted by Crippen LogP contribution is 2.27. The monoisotopic (exact) mass is 311 g/mol. The van der Waals surface area contributed by atoms with Gasteiger partial charge in [0.15, 0.2) is 0 Å². The van der Waals surface area contributed by atoms with E-state index in [4.69, 9.17) is 17.3 Å². The van der Waals surface area contributed by atoms with Crippen molar-refractivity contribution in [2.45, 2.75) is 25.8 Å². The fourth-order valence-electron chi connectivity index (χ4n) is 2.83. The molecule has 0 aromatic heterocycles. The van der Waals surface area contributed by atoms with Crippen LogP contribution in [0.15, 0.2) is 18.2 Å². The van der Waals surface area contributed by atoms with E-state index in [1.807, 2.05) is 0 Å². The number of benzene rings is 1. The Morgan fingerprint density at radius 2 is 2.24 bits per heavy atom. The van der Waals surface area contributed by atoms with Crippen molar-refractivity contribution in [2.75, 3.05) is 13.1 Å². The molecule has 2 atom stereocenters. The molecule has 0 aliphatic carbocycles. The highest BCUT2D eigenvalue weighted by atomic mass is 35.5. The van der Waals surface area contributed by atoms with Crippen LogP contribution >= 0.6 is 11.6 Å². The lowest BCUT2D eigenvalue weighted by atomic mass is 9.90. The van der Waals surface area contributed by atoms with Crippen LogP contribution in [0.5, 0.6) is 0 Å². The Labute approximate surface area is 128 Å². The van der Waals surface area contributed by atoms with Crippen LogP contribution in [-0.4, -0.2) is 34.9 Å². The van der Waals surface area contributed by atoms with Gasteiger partial charge in [-0.05, 0) is 24.8 Å². The Hall–Kier alpha value is -1.66. The molecule has 2 N–H and O–H groups in total. The molecule has 2 unspecified atom stereocenters. The quantitative estimate of drug-likeness (QED) is 0.686. The van der Waals surface area contributed by atoms with E-state index in [-0.39, 0.29) is 28.2 Å². The molecular formula is C14H18ClN3O3. The van der Waals surface area contributed by atoms with Gasteiger partial charge < -0.3 is 10.6 Å². The number of carbonyl (C=O) groups is 1. The summed E-state index contributed by atoms with van der Waals surface area (Å²) in [5.74, 6) is 0.0736. The number of piperidine rings is 1. The summed E-state index contributed by atoms with van der Waals surface area (Å²) in [6, 6.07) is 3.92. The Bertz CT molecular complexity index is 564. The molecule has 1 amide bonds. The maximum Gasteiger partial charge on any atom is 0.271 e. The van der Waals surface area contributed by atoms with Crippen molar-refractivity contribution in [1.29, 1.82) is 0 Å². The van der Waals surface area contributed by atoms with Crippen LogP contribution in [0.3, 0.4) is 0 Å². The normalized spacial score (nSPS) is 22.1. The second-order valence-electron chi connectivity index (χ2n) is 5.38. The third-order valence-corrected chi connectivity index (χ3v) is 4.18. The largest absolute Gasteiger partial charge is 0.334 e. The van der Waals surface area contributed by atoms with Crippen molar-refractivity contribution in [3.63, 3.8) is 0 Å². The third-order valence-electron chi connectivity index (χ3n) is 3.96. The minimum Gasteiger partial charge on any atom is -0.334 e. The van der Waals surface area contributed by atoms with E-state index in [0.29, 0.717) is 19.0 Å². The summed E-state index contributed by atoms with van der Waals surface area (Å²) in [4.78, 5) is 24.7. The van der Waals surface area contributed by atoms with E-state index in [0.717, 1.165) is 12.8 Å². The fraction of sp³-hybridized carbons (Fsp3) is 0.500. The van der Waals surface area contributed by atoms with Crippen molar-refractivity contribution in [2.24, 2.45) is 11.7 Å². The zero-order valence-corrected chi connectivity index (χ0v) is 12.5. The topological polar surface area (TPSA) is 89.5 Å². The number of hydrogen-bond donors (Lipinski definition) is 1. The zero-order valence-electron chi connectivity index (χ0n) is 11.8. The lowest BCUT2D eigenvalue weighted by Gasteiger charge is -2.39. The maximum atomic E-state index is 12.6. The molecule has 114 valence electrons. The summed E-state index contributed by atoms with van der Waals surface area (Å²) in [6.45, 7) is 3.07. The molecule has 0 radical (unpaired) electrons. The molecule has 1 aliphatic heterocycles. The molecule has 21 heavy (non-hydrogen) atoms. The SMILES string of the molecule is CC1CCCN(C(=O)c2cc(Cl)cc([N+](=O)[O-])c2)C1CN. The average Bonchev–Trinajstić information content (AvgIpc) is 2.45. The first-order valence-corrected chi connectivity index (χ1v) is 7.28. The van der Waals surface area contributed by atoms with Crippen LogP contribution in [0.4, 0.5) is 5.69 Å². The van der Waals surface area contributed by atoms with Crippen LogP contribution < -0.4 is 5.73 Å². The van der Waals surface area contributed by atoms with Gasteiger partial charge in [0.2, 0.25) is 0 Å². The van der Waals surface area contributed by atoms with Gasteiger partial charge in [-0.15, -0.1) is 0 Å². The van der Waals surface area contributed by atoms with Gasteiger partial charge in [0.1, 0.15) is 0 Å². The second kappa shape index (κ2) is 6.41. The van der Waals surface area contributed by atoms with E-state index >= 15 is 0 Å². The Balaban J connectivity index is 2.32. The summed E-state index contributed by atoms with van der Waals surface area (Å²) in [6.07, 6.45) is 1.94. The first kappa shape index (κ1) is 15.7. The van der Waals surface area contributed by atoms with Crippen LogP contribution in [0, 0.1) is 16.0 Å². The summed E-state index contributed by atoms with van der Waals surface area (Å²) >= 11 is 5.88. The second-order valence-corrected chi connectivity index (χ2v) is 5.81. The lowest BCUT2D eigenvalue weighted by Crippen LogP contribution is -2.51. The van der Waals surface area contributed by atoms with Crippen molar-refractivity contribution in [3.8, 4) is 0 Å². The standard InChI is InChI=1S/C14H18ClN3O3/c1-9-3-2-4-17(13(9)8-16)14(19)10-5-11(15)7-12(6-10)18(20)21/h5-7,9,13H,2-4,8,16H2,1H3. The van der Waals surface area contributed by atoms with Crippen molar-refractivity contribution >= 4 is 23.2 Å². The number of nitro groups is 1. The number of amides is 1. The lowest BCUT2D eigenvalue weighted by molar-refractivity contribution is -0.384. The molecule has 1 saturated heterocycles. The molecule has 7 heteroatoms. The van der Waals surface area contributed by atoms with Crippen molar-refractivity contribution in [1.82, 2.24) is 4.90 Å². The predicted molar refractivity (Wildman–Crippen MR) is 80.4 cm³/mol. The Kier molecular flexibility index (Phi) is 4.80. The molecule has 6 nitrogen and oxygen atoms in total. The van der Waals surface area contributed by atoms with E-state index in [1.165, 1.54) is 18.2 Å². The maximum absolute atomic E-state index is 12.6. The minimum absolute atomic E-state index is 0.0377. The van der Waals surface area contributed by atoms with Gasteiger partial charge in [-0.25, -0.2) is 0 Å². The number of nitrogens with zero attached hydrogens (tertiary/aromatic N) is 2. The van der Waals surface area contributed by atoms with Gasteiger partial charge in [-0.2, -0.15) is 0 Å². The highest BCUT2D eigenvalue weighted by Gasteiger charge is 2.31. The molecule has 1 aromatic carbocycles. The number of rotatable bonds is 3. The molecule has 1 aliphatic rings. The number of carbonyl (C=O) groups excluding carboxylic acids is 1. The fourth-order valence-corrected chi connectivity index (χ4v) is 3.06. The molecule has 1 heterocycles. The first-order chi connectivity index (χ1) is 9.93. The van der Waals surface area contributed by atoms with Gasteiger partial charge >= 0.3 is 0 Å². The number of nitro benzene ring substituents is 1. The number of hydrogen-bond acceptors (Lipinski definition) is 4.